The molecule has 0 aromatic heterocycles. The van der Waals surface area contributed by atoms with Gasteiger partial charge in [-0.1, -0.05) is 7.43 Å². The number of rotatable bonds is 0. The third kappa shape index (κ3) is 1.36. The van der Waals surface area contributed by atoms with Crippen LogP contribution in [0.2, 0.25) is 0 Å². The summed E-state index contributed by atoms with van der Waals surface area (Å²) in [6, 6.07) is 0. The molecule has 0 aromatic rings. The van der Waals surface area contributed by atoms with Crippen LogP contribution in [0.1, 0.15) is 27.2 Å². The Labute approximate surface area is 73.0 Å². The second-order valence-electron chi connectivity index (χ2n) is 3.17. The smallest absolute Gasteiger partial charge is 0.273 e. The molecule has 2 atom stereocenters. The Bertz CT molecular complexity index is 271. The van der Waals surface area contributed by atoms with Crippen molar-refractivity contribution in [3.8, 4) is 0 Å². The van der Waals surface area contributed by atoms with Crippen LogP contribution >= 0.6 is 0 Å². The molecular formula is C7H14O4S. The maximum Gasteiger partial charge on any atom is 0.273 e. The highest BCUT2D eigenvalue weighted by Crippen LogP contribution is 2.39. The molecule has 0 amide bonds. The average Bonchev–Trinajstić information content (AvgIpc) is 1.98. The highest BCUT2D eigenvalue weighted by atomic mass is 32.2. The minimum atomic E-state index is -3.31. The summed E-state index contributed by atoms with van der Waals surface area (Å²) < 4.78 is 32.3. The zero-order chi connectivity index (χ0) is 8.11. The van der Waals surface area contributed by atoms with E-state index in [1.54, 1.807) is 6.92 Å². The fourth-order valence-corrected chi connectivity index (χ4v) is 3.23. The van der Waals surface area contributed by atoms with Crippen molar-refractivity contribution < 1.29 is 17.3 Å². The number of fused-ring (bicyclic) bond motifs is 2. The normalized spacial score (nSPS) is 43.6. The van der Waals surface area contributed by atoms with Gasteiger partial charge in [-0.2, -0.15) is 8.42 Å². The van der Waals surface area contributed by atoms with Crippen molar-refractivity contribution >= 4 is 10.1 Å². The summed E-state index contributed by atoms with van der Waals surface area (Å²) in [7, 11) is -3.31. The van der Waals surface area contributed by atoms with Gasteiger partial charge in [0.25, 0.3) is 10.1 Å². The molecule has 2 aliphatic heterocycles. The van der Waals surface area contributed by atoms with Crippen molar-refractivity contribution in [3.63, 3.8) is 0 Å². The quantitative estimate of drug-likeness (QED) is 0.537. The first-order valence-electron chi connectivity index (χ1n) is 3.60. The van der Waals surface area contributed by atoms with Gasteiger partial charge in [-0.25, -0.2) is 4.18 Å². The van der Waals surface area contributed by atoms with E-state index >= 15 is 0 Å². The molecule has 0 spiro atoms. The Morgan fingerprint density at radius 1 is 1.50 bits per heavy atom. The van der Waals surface area contributed by atoms with Crippen LogP contribution in [0.5, 0.6) is 0 Å². The SMILES string of the molecule is C.CC12CC(CCO1)S(=O)(=O)O2. The van der Waals surface area contributed by atoms with E-state index < -0.39 is 15.9 Å². The van der Waals surface area contributed by atoms with Gasteiger partial charge in [0.2, 0.25) is 0 Å². The number of ether oxygens (including phenoxy) is 1. The van der Waals surface area contributed by atoms with Crippen LogP contribution in [0.3, 0.4) is 0 Å². The van der Waals surface area contributed by atoms with E-state index in [0.717, 1.165) is 0 Å². The molecule has 0 N–H and O–H groups in total. The van der Waals surface area contributed by atoms with Crippen molar-refractivity contribution in [3.05, 3.63) is 0 Å². The van der Waals surface area contributed by atoms with Crippen LogP contribution in [-0.4, -0.2) is 26.1 Å². The fraction of sp³-hybridized carbons (Fsp3) is 1.00. The molecule has 4 nitrogen and oxygen atoms in total. The summed E-state index contributed by atoms with van der Waals surface area (Å²) in [6.45, 7) is 2.16. The highest BCUT2D eigenvalue weighted by Gasteiger charge is 2.51. The predicted octanol–water partition coefficient (Wildman–Crippen LogP) is 0.878. The predicted molar refractivity (Wildman–Crippen MR) is 44.1 cm³/mol. The molecule has 72 valence electrons. The highest BCUT2D eigenvalue weighted by molar-refractivity contribution is 7.87. The molecule has 2 heterocycles. The minimum Gasteiger partial charge on any atom is -0.349 e. The van der Waals surface area contributed by atoms with E-state index in [9.17, 15) is 8.42 Å². The minimum absolute atomic E-state index is 0. The summed E-state index contributed by atoms with van der Waals surface area (Å²) in [5, 5.41) is -0.332. The summed E-state index contributed by atoms with van der Waals surface area (Å²) >= 11 is 0. The van der Waals surface area contributed by atoms with Gasteiger partial charge in [-0.05, 0) is 13.3 Å². The Morgan fingerprint density at radius 2 is 2.17 bits per heavy atom. The van der Waals surface area contributed by atoms with Gasteiger partial charge in [0, 0.05) is 6.42 Å². The monoisotopic (exact) mass is 194 g/mol. The lowest BCUT2D eigenvalue weighted by molar-refractivity contribution is -0.169. The van der Waals surface area contributed by atoms with Crippen LogP contribution < -0.4 is 0 Å². The molecule has 2 aliphatic rings. The van der Waals surface area contributed by atoms with E-state index in [1.807, 2.05) is 0 Å². The average molecular weight is 194 g/mol. The van der Waals surface area contributed by atoms with Gasteiger partial charge in [0.15, 0.2) is 5.79 Å². The summed E-state index contributed by atoms with van der Waals surface area (Å²) in [4.78, 5) is 0. The molecule has 5 heteroatoms. The van der Waals surface area contributed by atoms with Gasteiger partial charge in [0.1, 0.15) is 0 Å². The van der Waals surface area contributed by atoms with Crippen LogP contribution in [-0.2, 0) is 19.0 Å². The zero-order valence-electron chi connectivity index (χ0n) is 6.24. The maximum absolute atomic E-state index is 11.1. The van der Waals surface area contributed by atoms with Gasteiger partial charge in [-0.3, -0.25) is 0 Å². The van der Waals surface area contributed by atoms with E-state index in [1.165, 1.54) is 0 Å². The van der Waals surface area contributed by atoms with E-state index in [4.69, 9.17) is 8.92 Å². The molecule has 0 aromatic carbocycles. The number of hydrogen-bond donors (Lipinski definition) is 0. The molecule has 2 bridgehead atoms. The first kappa shape index (κ1) is 9.95. The Hall–Kier alpha value is -0.130. The van der Waals surface area contributed by atoms with Crippen LogP contribution in [0.15, 0.2) is 0 Å². The van der Waals surface area contributed by atoms with E-state index in [-0.39, 0.29) is 12.7 Å². The molecule has 2 saturated heterocycles. The third-order valence-corrected chi connectivity index (χ3v) is 3.95. The van der Waals surface area contributed by atoms with Crippen molar-refractivity contribution in [1.29, 1.82) is 0 Å². The Morgan fingerprint density at radius 3 is 2.67 bits per heavy atom. The first-order valence-corrected chi connectivity index (χ1v) is 5.07. The lowest BCUT2D eigenvalue weighted by Crippen LogP contribution is -2.32. The molecule has 0 saturated carbocycles. The first-order chi connectivity index (χ1) is 5.02. The van der Waals surface area contributed by atoms with Crippen molar-refractivity contribution in [2.24, 2.45) is 0 Å². The Balaban J connectivity index is 0.000000720. The largest absolute Gasteiger partial charge is 0.349 e. The van der Waals surface area contributed by atoms with Crippen LogP contribution in [0.4, 0.5) is 0 Å². The molecular weight excluding hydrogens is 180 g/mol. The lowest BCUT2D eigenvalue weighted by Gasteiger charge is -2.24. The van der Waals surface area contributed by atoms with Crippen LogP contribution in [0, 0.1) is 0 Å². The van der Waals surface area contributed by atoms with Gasteiger partial charge >= 0.3 is 0 Å². The molecule has 2 unspecified atom stereocenters. The summed E-state index contributed by atoms with van der Waals surface area (Å²) in [5.74, 6) is -0.859. The maximum atomic E-state index is 11.1. The molecule has 2 fully saturated rings. The van der Waals surface area contributed by atoms with E-state index in [2.05, 4.69) is 0 Å². The van der Waals surface area contributed by atoms with Gasteiger partial charge in [0.05, 0.1) is 11.9 Å². The van der Waals surface area contributed by atoms with Gasteiger partial charge < -0.3 is 4.74 Å². The topological polar surface area (TPSA) is 52.6 Å². The third-order valence-electron chi connectivity index (χ3n) is 2.15. The molecule has 12 heavy (non-hydrogen) atoms. The van der Waals surface area contributed by atoms with Crippen molar-refractivity contribution in [1.82, 2.24) is 0 Å². The standard InChI is InChI=1S/C6H10O4S.CH4/c1-6-4-5(2-3-9-6)11(7,8)10-6;/h5H,2-4H2,1H3;1H4. The lowest BCUT2D eigenvalue weighted by atomic mass is 10.1. The second-order valence-corrected chi connectivity index (χ2v) is 4.99. The second kappa shape index (κ2) is 2.68. The number of hydrogen-bond acceptors (Lipinski definition) is 4. The molecule has 0 radical (unpaired) electrons. The molecule has 2 rings (SSSR count). The van der Waals surface area contributed by atoms with Crippen molar-refractivity contribution in [2.45, 2.75) is 38.2 Å². The van der Waals surface area contributed by atoms with E-state index in [0.29, 0.717) is 19.4 Å². The Kier molecular flexibility index (Phi) is 2.22. The van der Waals surface area contributed by atoms with Gasteiger partial charge in [-0.15, -0.1) is 0 Å². The van der Waals surface area contributed by atoms with Crippen molar-refractivity contribution in [2.75, 3.05) is 6.61 Å². The fourth-order valence-electron chi connectivity index (χ4n) is 1.60. The summed E-state index contributed by atoms with van der Waals surface area (Å²) in [5.41, 5.74) is 0. The van der Waals surface area contributed by atoms with Crippen LogP contribution in [0.25, 0.3) is 0 Å². The molecule has 0 aliphatic carbocycles. The summed E-state index contributed by atoms with van der Waals surface area (Å²) in [6.07, 6.45) is 1.05. The zero-order valence-corrected chi connectivity index (χ0v) is 7.06.